The van der Waals surface area contributed by atoms with Crippen LogP contribution in [0.25, 0.3) is 0 Å². The topological polar surface area (TPSA) is 0 Å². The fourth-order valence-corrected chi connectivity index (χ4v) is 0. The summed E-state index contributed by atoms with van der Waals surface area (Å²) in [4.78, 5) is 0. The Labute approximate surface area is 163 Å². The average molecular weight is 507 g/mol. The molecular formula is I3KSr. The van der Waals surface area contributed by atoms with Crippen LogP contribution in [0.5, 0.6) is 0 Å². The molecule has 5 heavy (non-hydrogen) atoms. The van der Waals surface area contributed by atoms with E-state index in [4.69, 9.17) is 0 Å². The molecule has 0 aromatic carbocycles. The van der Waals surface area contributed by atoms with Crippen molar-refractivity contribution in [2.75, 3.05) is 0 Å². The summed E-state index contributed by atoms with van der Waals surface area (Å²) >= 11 is 0. The first-order valence-corrected chi connectivity index (χ1v) is 0. The molecule has 0 fully saturated rings. The molecule has 0 nitrogen and oxygen atoms in total. The SMILES string of the molecule is [I-].[I-].[I-].[K+].[Sr+2]. The third kappa shape index (κ3) is 17.6. The van der Waals surface area contributed by atoms with Gasteiger partial charge in [0.25, 0.3) is 0 Å². The molecule has 0 aromatic heterocycles. The number of hydrogen-bond donors (Lipinski definition) is 0. The van der Waals surface area contributed by atoms with E-state index in [0.29, 0.717) is 0 Å². The number of halogens is 3. The third-order valence-corrected chi connectivity index (χ3v) is 0. The van der Waals surface area contributed by atoms with Crippen LogP contribution in [0, 0.1) is 0 Å². The molecule has 0 radical (unpaired) electrons. The second kappa shape index (κ2) is 22.8. The summed E-state index contributed by atoms with van der Waals surface area (Å²) in [7, 11) is 0. The van der Waals surface area contributed by atoms with E-state index in [-0.39, 0.29) is 169 Å². The van der Waals surface area contributed by atoms with Crippen molar-refractivity contribution in [1.82, 2.24) is 0 Å². The van der Waals surface area contributed by atoms with Crippen molar-refractivity contribution in [3.63, 3.8) is 0 Å². The van der Waals surface area contributed by atoms with Crippen LogP contribution in [0.4, 0.5) is 0 Å². The van der Waals surface area contributed by atoms with E-state index in [2.05, 4.69) is 0 Å². The molecule has 0 spiro atoms. The van der Waals surface area contributed by atoms with Gasteiger partial charge in [0, 0.05) is 0 Å². The van der Waals surface area contributed by atoms with E-state index >= 15 is 0 Å². The Morgan fingerprint density at radius 2 is 0.600 bits per heavy atom. The minimum absolute atomic E-state index is 0. The average Bonchev–Trinajstić information content (AvgIpc) is 0. The smallest absolute Gasteiger partial charge is 1.00 e. The molecule has 0 amide bonds. The van der Waals surface area contributed by atoms with Crippen molar-refractivity contribution in [2.24, 2.45) is 0 Å². The maximum Gasteiger partial charge on any atom is 2.00 e. The predicted molar refractivity (Wildman–Crippen MR) is 5.75 cm³/mol. The second-order valence-corrected chi connectivity index (χ2v) is 0. The molecule has 0 aliphatic heterocycles. The van der Waals surface area contributed by atoms with Crippen molar-refractivity contribution in [3.05, 3.63) is 0 Å². The van der Waals surface area contributed by atoms with E-state index in [1.165, 1.54) is 0 Å². The van der Waals surface area contributed by atoms with Gasteiger partial charge in [-0.05, 0) is 0 Å². The van der Waals surface area contributed by atoms with Gasteiger partial charge in [-0.3, -0.25) is 0 Å². The van der Waals surface area contributed by atoms with E-state index in [1.54, 1.807) is 0 Å². The molecule has 0 aromatic rings. The molecule has 0 unspecified atom stereocenters. The van der Waals surface area contributed by atoms with Crippen LogP contribution in [0.3, 0.4) is 0 Å². The first-order valence-electron chi connectivity index (χ1n) is 0. The fraction of sp³-hybridized carbons (Fsp3) is 0. The molecule has 0 atom stereocenters. The fourth-order valence-electron chi connectivity index (χ4n) is 0. The van der Waals surface area contributed by atoms with Gasteiger partial charge in [-0.15, -0.1) is 0 Å². The van der Waals surface area contributed by atoms with Crippen LogP contribution in [0.2, 0.25) is 0 Å². The second-order valence-electron chi connectivity index (χ2n) is 0. The normalized spacial score (nSPS) is 0. The minimum atomic E-state index is 0. The summed E-state index contributed by atoms with van der Waals surface area (Å²) in [6, 6.07) is 0. The van der Waals surface area contributed by atoms with Gasteiger partial charge in [0.15, 0.2) is 0 Å². The van der Waals surface area contributed by atoms with E-state index in [0.717, 1.165) is 0 Å². The first-order chi connectivity index (χ1) is 0. The van der Waals surface area contributed by atoms with Crippen LogP contribution in [-0.2, 0) is 0 Å². The van der Waals surface area contributed by atoms with Crippen LogP contribution >= 0.6 is 0 Å². The quantitative estimate of drug-likeness (QED) is 0.226. The summed E-state index contributed by atoms with van der Waals surface area (Å²) < 4.78 is 0. The molecule has 0 saturated carbocycles. The molecule has 0 aliphatic rings. The Morgan fingerprint density at radius 3 is 0.600 bits per heavy atom. The van der Waals surface area contributed by atoms with Gasteiger partial charge in [0.2, 0.25) is 0 Å². The van der Waals surface area contributed by atoms with E-state index in [9.17, 15) is 0 Å². The van der Waals surface area contributed by atoms with Gasteiger partial charge in [-0.1, -0.05) is 0 Å². The molecule has 0 rings (SSSR count). The maximum absolute atomic E-state index is 0. The van der Waals surface area contributed by atoms with Gasteiger partial charge in [-0.25, -0.2) is 0 Å². The van der Waals surface area contributed by atoms with Crippen LogP contribution in [0.1, 0.15) is 0 Å². The molecule has 0 aliphatic carbocycles. The Kier molecular flexibility index (Phi) is 145. The Balaban J connectivity index is 0. The predicted octanol–water partition coefficient (Wildman–Crippen LogP) is -12.4. The van der Waals surface area contributed by atoms with Crippen molar-refractivity contribution in [2.45, 2.75) is 0 Å². The van der Waals surface area contributed by atoms with Gasteiger partial charge in [0.1, 0.15) is 0 Å². The van der Waals surface area contributed by atoms with Gasteiger partial charge < -0.3 is 71.9 Å². The summed E-state index contributed by atoms with van der Waals surface area (Å²) in [5.74, 6) is 0. The Hall–Kier alpha value is 5.31. The first kappa shape index (κ1) is 31.7. The Morgan fingerprint density at radius 1 is 0.600 bits per heavy atom. The molecule has 24 valence electrons. The molecule has 0 N–H and O–H groups in total. The number of rotatable bonds is 0. The van der Waals surface area contributed by atoms with E-state index < -0.39 is 0 Å². The zero-order chi connectivity index (χ0) is 0. The molecule has 0 heterocycles. The van der Waals surface area contributed by atoms with Crippen molar-refractivity contribution >= 4 is 45.5 Å². The summed E-state index contributed by atoms with van der Waals surface area (Å²) in [6.07, 6.45) is 0. The summed E-state index contributed by atoms with van der Waals surface area (Å²) in [5, 5.41) is 0. The van der Waals surface area contributed by atoms with Crippen molar-refractivity contribution in [1.29, 1.82) is 0 Å². The zero-order valence-electron chi connectivity index (χ0n) is 2.84. The van der Waals surface area contributed by atoms with Crippen LogP contribution < -0.4 is 123 Å². The largest absolute Gasteiger partial charge is 2.00 e. The minimum Gasteiger partial charge on any atom is -1.00 e. The molecular weight excluding hydrogens is 507 g/mol. The Bertz CT molecular complexity index is 6.85. The third-order valence-electron chi connectivity index (χ3n) is 0. The van der Waals surface area contributed by atoms with Crippen molar-refractivity contribution in [3.8, 4) is 0 Å². The summed E-state index contributed by atoms with van der Waals surface area (Å²) in [5.41, 5.74) is 0. The molecule has 0 bridgehead atoms. The summed E-state index contributed by atoms with van der Waals surface area (Å²) in [6.45, 7) is 0. The van der Waals surface area contributed by atoms with Crippen LogP contribution in [0.15, 0.2) is 0 Å². The molecule has 0 saturated heterocycles. The molecule has 5 heteroatoms. The van der Waals surface area contributed by atoms with E-state index in [1.807, 2.05) is 0 Å². The van der Waals surface area contributed by atoms with Crippen molar-refractivity contribution < 1.29 is 123 Å². The van der Waals surface area contributed by atoms with Gasteiger partial charge >= 0.3 is 96.9 Å². The monoisotopic (exact) mass is 508 g/mol. The number of hydrogen-bond acceptors (Lipinski definition) is 0. The van der Waals surface area contributed by atoms with Gasteiger partial charge in [0.05, 0.1) is 0 Å². The maximum atomic E-state index is 0. The van der Waals surface area contributed by atoms with Crippen LogP contribution in [-0.4, -0.2) is 45.5 Å². The van der Waals surface area contributed by atoms with Gasteiger partial charge in [-0.2, -0.15) is 0 Å². The zero-order valence-corrected chi connectivity index (χ0v) is 15.9. The standard InChI is InChI=1S/3HI.K.Sr/h3*1H;;/q;;;+1;+2/p-3.